The molecule has 5 rings (SSSR count). The van der Waals surface area contributed by atoms with Gasteiger partial charge in [0.1, 0.15) is 12.4 Å². The molecule has 0 unspecified atom stereocenters. The molecule has 6 heteroatoms. The molecule has 29 heavy (non-hydrogen) atoms. The van der Waals surface area contributed by atoms with Crippen LogP contribution in [0.2, 0.25) is 5.02 Å². The quantitative estimate of drug-likeness (QED) is 0.427. The number of allylic oxidation sites excluding steroid dienone is 2. The lowest BCUT2D eigenvalue weighted by Crippen LogP contribution is -2.28. The lowest BCUT2D eigenvalue weighted by molar-refractivity contribution is -0.140. The van der Waals surface area contributed by atoms with Gasteiger partial charge < -0.3 is 4.74 Å². The van der Waals surface area contributed by atoms with E-state index in [0.717, 1.165) is 22.6 Å². The molecule has 2 amide bonds. The van der Waals surface area contributed by atoms with E-state index in [4.69, 9.17) is 16.3 Å². The highest BCUT2D eigenvalue weighted by Gasteiger charge is 2.59. The molecular weight excluding hydrogens is 388 g/mol. The Kier molecular flexibility index (Phi) is 4.47. The van der Waals surface area contributed by atoms with Crippen molar-refractivity contribution >= 4 is 29.6 Å². The molecule has 1 heterocycles. The predicted molar refractivity (Wildman–Crippen MR) is 109 cm³/mol. The number of benzene rings is 2. The standard InChI is InChI=1S/C23H19ClN2O3/c24-19-7-2-1-5-17(19)13-29-18-6-3-4-14(10-18)12-25-26-22(27)20-15-8-9-16(11-15)21(20)23(26)28/h1-10,12,15-16,20-21H,11,13H2/b25-12-/t15-,16-,20-,21+/m0/s1. The van der Waals surface area contributed by atoms with Crippen LogP contribution in [-0.2, 0) is 16.2 Å². The summed E-state index contributed by atoms with van der Waals surface area (Å²) in [5, 5.41) is 5.92. The second-order valence-corrected chi connectivity index (χ2v) is 8.09. The zero-order chi connectivity index (χ0) is 20.0. The Morgan fingerprint density at radius 3 is 2.48 bits per heavy atom. The van der Waals surface area contributed by atoms with E-state index in [9.17, 15) is 9.59 Å². The van der Waals surface area contributed by atoms with Crippen LogP contribution in [-0.4, -0.2) is 23.0 Å². The largest absolute Gasteiger partial charge is 0.489 e. The highest BCUT2D eigenvalue weighted by molar-refractivity contribution is 6.31. The molecule has 3 aliphatic rings. The van der Waals surface area contributed by atoms with Crippen LogP contribution in [0, 0.1) is 23.7 Å². The Morgan fingerprint density at radius 2 is 1.76 bits per heavy atom. The number of carbonyl (C=O) groups is 2. The Labute approximate surface area is 173 Å². The van der Waals surface area contributed by atoms with Crippen molar-refractivity contribution < 1.29 is 14.3 Å². The van der Waals surface area contributed by atoms with Crippen LogP contribution in [0.15, 0.2) is 65.8 Å². The normalized spacial score (nSPS) is 27.3. The molecule has 4 atom stereocenters. The van der Waals surface area contributed by atoms with E-state index in [0.29, 0.717) is 17.4 Å². The van der Waals surface area contributed by atoms with Crippen LogP contribution in [0.25, 0.3) is 0 Å². The van der Waals surface area contributed by atoms with Gasteiger partial charge in [0.15, 0.2) is 0 Å². The molecule has 2 aromatic rings. The van der Waals surface area contributed by atoms with Crippen molar-refractivity contribution in [2.24, 2.45) is 28.8 Å². The third-order valence-electron chi connectivity index (χ3n) is 5.98. The Hall–Kier alpha value is -2.92. The zero-order valence-corrected chi connectivity index (χ0v) is 16.3. The summed E-state index contributed by atoms with van der Waals surface area (Å²) in [7, 11) is 0. The van der Waals surface area contributed by atoms with E-state index in [1.165, 1.54) is 6.21 Å². The van der Waals surface area contributed by atoms with Crippen molar-refractivity contribution in [1.82, 2.24) is 5.01 Å². The second-order valence-electron chi connectivity index (χ2n) is 7.69. The predicted octanol–water partition coefficient (Wildman–Crippen LogP) is 4.06. The van der Waals surface area contributed by atoms with Gasteiger partial charge in [-0.05, 0) is 42.0 Å². The number of imide groups is 1. The van der Waals surface area contributed by atoms with Crippen LogP contribution in [0.3, 0.4) is 0 Å². The van der Waals surface area contributed by atoms with Crippen molar-refractivity contribution in [1.29, 1.82) is 0 Å². The summed E-state index contributed by atoms with van der Waals surface area (Å²) in [4.78, 5) is 25.4. The van der Waals surface area contributed by atoms with Crippen LogP contribution < -0.4 is 4.74 Å². The van der Waals surface area contributed by atoms with Crippen LogP contribution in [0.4, 0.5) is 0 Å². The molecule has 1 saturated heterocycles. The molecule has 0 N–H and O–H groups in total. The fourth-order valence-corrected chi connectivity index (χ4v) is 4.78. The number of hydrogen-bond donors (Lipinski definition) is 0. The minimum Gasteiger partial charge on any atom is -0.489 e. The van der Waals surface area contributed by atoms with E-state index in [2.05, 4.69) is 17.3 Å². The van der Waals surface area contributed by atoms with Gasteiger partial charge in [-0.15, -0.1) is 0 Å². The number of fused-ring (bicyclic) bond motifs is 5. The number of hydrogen-bond acceptors (Lipinski definition) is 4. The third-order valence-corrected chi connectivity index (χ3v) is 6.35. The maximum atomic E-state index is 12.7. The lowest BCUT2D eigenvalue weighted by Gasteiger charge is -2.13. The molecule has 0 spiro atoms. The summed E-state index contributed by atoms with van der Waals surface area (Å²) in [6, 6.07) is 14.9. The van der Waals surface area contributed by atoms with Gasteiger partial charge in [0, 0.05) is 10.6 Å². The van der Waals surface area contributed by atoms with Gasteiger partial charge in [0.2, 0.25) is 0 Å². The van der Waals surface area contributed by atoms with E-state index in [1.54, 1.807) is 0 Å². The summed E-state index contributed by atoms with van der Waals surface area (Å²) in [6.07, 6.45) is 6.60. The molecule has 2 aromatic carbocycles. The van der Waals surface area contributed by atoms with E-state index in [-0.39, 0.29) is 35.5 Å². The molecule has 0 aromatic heterocycles. The number of carbonyl (C=O) groups excluding carboxylic acids is 2. The summed E-state index contributed by atoms with van der Waals surface area (Å²) in [5.74, 6) is 0.191. The summed E-state index contributed by atoms with van der Waals surface area (Å²) in [5.41, 5.74) is 1.65. The number of amides is 2. The smallest absolute Gasteiger partial charge is 0.254 e. The Balaban J connectivity index is 1.28. The minimum absolute atomic E-state index is 0.181. The van der Waals surface area contributed by atoms with Crippen molar-refractivity contribution in [3.05, 3.63) is 76.8 Å². The van der Waals surface area contributed by atoms with E-state index in [1.807, 2.05) is 48.5 Å². The van der Waals surface area contributed by atoms with Crippen LogP contribution in [0.5, 0.6) is 5.75 Å². The maximum Gasteiger partial charge on any atom is 0.254 e. The number of rotatable bonds is 5. The molecule has 2 aliphatic carbocycles. The number of nitrogens with zero attached hydrogens (tertiary/aromatic N) is 2. The molecule has 1 saturated carbocycles. The van der Waals surface area contributed by atoms with Crippen molar-refractivity contribution in [2.45, 2.75) is 13.0 Å². The number of halogens is 1. The molecule has 146 valence electrons. The van der Waals surface area contributed by atoms with Crippen LogP contribution >= 0.6 is 11.6 Å². The zero-order valence-electron chi connectivity index (χ0n) is 15.6. The van der Waals surface area contributed by atoms with Gasteiger partial charge >= 0.3 is 0 Å². The topological polar surface area (TPSA) is 59.0 Å². The highest BCUT2D eigenvalue weighted by Crippen LogP contribution is 2.52. The lowest BCUT2D eigenvalue weighted by atomic mass is 9.85. The fourth-order valence-electron chi connectivity index (χ4n) is 4.59. The van der Waals surface area contributed by atoms with Gasteiger partial charge in [-0.25, -0.2) is 0 Å². The molecule has 1 aliphatic heterocycles. The maximum absolute atomic E-state index is 12.7. The van der Waals surface area contributed by atoms with Crippen molar-refractivity contribution in [3.63, 3.8) is 0 Å². The van der Waals surface area contributed by atoms with Gasteiger partial charge in [-0.3, -0.25) is 9.59 Å². The first-order valence-electron chi connectivity index (χ1n) is 9.68. The van der Waals surface area contributed by atoms with Gasteiger partial charge in [0.05, 0.1) is 18.1 Å². The first-order chi connectivity index (χ1) is 14.1. The average molecular weight is 407 g/mol. The van der Waals surface area contributed by atoms with E-state index < -0.39 is 0 Å². The van der Waals surface area contributed by atoms with E-state index >= 15 is 0 Å². The molecule has 2 bridgehead atoms. The molecule has 5 nitrogen and oxygen atoms in total. The number of hydrazone groups is 1. The number of ether oxygens (including phenoxy) is 1. The third kappa shape index (κ3) is 3.15. The van der Waals surface area contributed by atoms with Gasteiger partial charge in [-0.2, -0.15) is 10.1 Å². The van der Waals surface area contributed by atoms with Crippen molar-refractivity contribution in [2.75, 3.05) is 0 Å². The molecule has 0 radical (unpaired) electrons. The average Bonchev–Trinajstić information content (AvgIpc) is 3.41. The first kappa shape index (κ1) is 18.1. The molecule has 2 fully saturated rings. The van der Waals surface area contributed by atoms with Gasteiger partial charge in [-0.1, -0.05) is 54.1 Å². The Morgan fingerprint density at radius 1 is 1.03 bits per heavy atom. The monoisotopic (exact) mass is 406 g/mol. The summed E-state index contributed by atoms with van der Waals surface area (Å²) >= 11 is 6.16. The first-order valence-corrected chi connectivity index (χ1v) is 10.1. The minimum atomic E-state index is -0.236. The van der Waals surface area contributed by atoms with Crippen molar-refractivity contribution in [3.8, 4) is 5.75 Å². The SMILES string of the molecule is O=C1[C@@H]2[C@H](C(=O)N1/N=C\c1cccc(OCc3ccccc3Cl)c1)[C@H]1C=C[C@H]2C1. The molecular formula is C23H19ClN2O3. The Bertz CT molecular complexity index is 1020. The van der Waals surface area contributed by atoms with Gasteiger partial charge in [0.25, 0.3) is 11.8 Å². The summed E-state index contributed by atoms with van der Waals surface area (Å²) in [6.45, 7) is 0.350. The highest BCUT2D eigenvalue weighted by atomic mass is 35.5. The van der Waals surface area contributed by atoms with Crippen LogP contribution in [0.1, 0.15) is 17.5 Å². The fraction of sp³-hybridized carbons (Fsp3) is 0.261. The second kappa shape index (κ2) is 7.16. The summed E-state index contributed by atoms with van der Waals surface area (Å²) < 4.78 is 5.82.